The average Bonchev–Trinajstić information content (AvgIpc) is 2.21. The summed E-state index contributed by atoms with van der Waals surface area (Å²) in [5.74, 6) is 0. The Hall–Kier alpha value is -0.318. The van der Waals surface area contributed by atoms with Crippen LogP contribution in [0.25, 0.3) is 0 Å². The molecule has 0 unspecified atom stereocenters. The van der Waals surface area contributed by atoms with Crippen molar-refractivity contribution in [3.63, 3.8) is 0 Å². The second-order valence-electron chi connectivity index (χ2n) is 3.33. The van der Waals surface area contributed by atoms with E-state index in [-0.39, 0.29) is 0 Å². The van der Waals surface area contributed by atoms with Crippen LogP contribution in [0.1, 0.15) is 6.42 Å². The third-order valence-electron chi connectivity index (χ3n) is 2.06. The molecule has 0 spiro atoms. The van der Waals surface area contributed by atoms with Crippen LogP contribution >= 0.6 is 0 Å². The van der Waals surface area contributed by atoms with Crippen molar-refractivity contribution in [2.24, 2.45) is 0 Å². The molecule has 0 saturated heterocycles. The second-order valence-corrected chi connectivity index (χ2v) is 5.16. The van der Waals surface area contributed by atoms with Gasteiger partial charge in [0, 0.05) is 0 Å². The van der Waals surface area contributed by atoms with Gasteiger partial charge in [0.2, 0.25) is 0 Å². The summed E-state index contributed by atoms with van der Waals surface area (Å²) in [4.78, 5) is 2.18. The van der Waals surface area contributed by atoms with Crippen LogP contribution in [0, 0.1) is 0 Å². The Labute approximate surface area is 103 Å². The van der Waals surface area contributed by atoms with Crippen molar-refractivity contribution in [2.75, 3.05) is 13.6 Å². The molecule has 1 rings (SSSR count). The third kappa shape index (κ3) is 4.79. The van der Waals surface area contributed by atoms with Crippen molar-refractivity contribution in [1.29, 1.82) is 0 Å². The van der Waals surface area contributed by atoms with Gasteiger partial charge in [-0.15, -0.1) is 0 Å². The topological polar surface area (TPSA) is 3.24 Å². The van der Waals surface area contributed by atoms with Crippen LogP contribution in [0.15, 0.2) is 48.2 Å². The molecule has 0 aliphatic carbocycles. The van der Waals surface area contributed by atoms with Crippen LogP contribution in [-0.2, 0) is 0 Å². The summed E-state index contributed by atoms with van der Waals surface area (Å²) in [6, 6.07) is 0. The van der Waals surface area contributed by atoms with Crippen molar-refractivity contribution in [2.45, 2.75) is 10.4 Å². The van der Waals surface area contributed by atoms with Crippen LogP contribution in [0.5, 0.6) is 0 Å². The Morgan fingerprint density at radius 3 is 2.86 bits per heavy atom. The predicted octanol–water partition coefficient (Wildman–Crippen LogP) is 2.46. The summed E-state index contributed by atoms with van der Waals surface area (Å²) < 4.78 is 1.28. The minimum absolute atomic E-state index is 1.04. The van der Waals surface area contributed by atoms with E-state index in [1.54, 1.807) is 0 Å². The molecule has 1 aliphatic heterocycles. The van der Waals surface area contributed by atoms with Crippen molar-refractivity contribution in [3.05, 3.63) is 48.2 Å². The average molecular weight is 379 g/mol. The quantitative estimate of drug-likeness (QED) is 0.537. The molecule has 0 radical (unpaired) electrons. The van der Waals surface area contributed by atoms with E-state index < -0.39 is 0 Å². The molecule has 2 heteroatoms. The molecule has 0 saturated carbocycles. The molecule has 1 nitrogen and oxygen atoms in total. The van der Waals surface area contributed by atoms with E-state index in [0.29, 0.717) is 0 Å². The number of nitrogens with zero attached hydrogens (tertiary/aromatic N) is 1. The van der Waals surface area contributed by atoms with Crippen LogP contribution in [0.3, 0.4) is 0 Å². The van der Waals surface area contributed by atoms with E-state index in [1.165, 1.54) is 9.55 Å². The second kappa shape index (κ2) is 7.04. The molecule has 1 aliphatic rings. The summed E-state index contributed by atoms with van der Waals surface area (Å²) in [6.45, 7) is 1.04. The van der Waals surface area contributed by atoms with E-state index in [0.717, 1.165) is 38.7 Å². The molecule has 0 aromatic carbocycles. The molecular formula is C12H16NTl. The molecule has 14 heavy (non-hydrogen) atoms. The van der Waals surface area contributed by atoms with Gasteiger partial charge in [-0.25, -0.2) is 0 Å². The Balaban J connectivity index is 2.29. The van der Waals surface area contributed by atoms with Gasteiger partial charge in [0.25, 0.3) is 0 Å². The molecular weight excluding hydrogens is 363 g/mol. The Kier molecular flexibility index (Phi) is 5.91. The van der Waals surface area contributed by atoms with Crippen LogP contribution < -0.4 is 0 Å². The van der Waals surface area contributed by atoms with Gasteiger partial charge < -0.3 is 0 Å². The maximum absolute atomic E-state index is 2.28. The van der Waals surface area contributed by atoms with Crippen LogP contribution in [0.2, 0.25) is 3.98 Å². The Morgan fingerprint density at radius 1 is 1.43 bits per heavy atom. The summed E-state index contributed by atoms with van der Waals surface area (Å²) in [5, 5.41) is 0. The van der Waals surface area contributed by atoms with Gasteiger partial charge in [0.1, 0.15) is 0 Å². The fourth-order valence-electron chi connectivity index (χ4n) is 1.20. The van der Waals surface area contributed by atoms with Gasteiger partial charge in [-0.3, -0.25) is 0 Å². The number of allylic oxidation sites excluding steroid dienone is 6. The van der Waals surface area contributed by atoms with Crippen LogP contribution in [-0.4, -0.2) is 44.3 Å². The van der Waals surface area contributed by atoms with Crippen molar-refractivity contribution < 1.29 is 0 Å². The van der Waals surface area contributed by atoms with E-state index in [1.807, 2.05) is 0 Å². The van der Waals surface area contributed by atoms with Crippen LogP contribution in [0.4, 0.5) is 0 Å². The molecule has 0 fully saturated rings. The van der Waals surface area contributed by atoms with Crippen molar-refractivity contribution >= 4 is 25.8 Å². The number of hydrogen-bond donors (Lipinski definition) is 0. The van der Waals surface area contributed by atoms with Gasteiger partial charge in [0.15, 0.2) is 0 Å². The molecule has 72 valence electrons. The molecule has 0 amide bonds. The summed E-state index contributed by atoms with van der Waals surface area (Å²) in [6.07, 6.45) is 16.4. The Morgan fingerprint density at radius 2 is 2.21 bits per heavy atom. The fourth-order valence-corrected chi connectivity index (χ4v) is 1.82. The standard InChI is InChI=1S/C12H16N.Tl/c1-3-4-5-6-7-12-8-10-13(2)11-9-12;/h3-6,8-10H,1,7,11H2,2H3;/b4-3-,6-5-;. The molecule has 0 N–H and O–H groups in total. The van der Waals surface area contributed by atoms with E-state index in [4.69, 9.17) is 0 Å². The van der Waals surface area contributed by atoms with Crippen molar-refractivity contribution in [1.82, 2.24) is 4.90 Å². The maximum atomic E-state index is 2.28. The SMILES string of the molecule is CN1C=CC(C/C=C\C=C/[CH2][Tl])=CC1. The van der Waals surface area contributed by atoms with E-state index >= 15 is 0 Å². The zero-order valence-corrected chi connectivity index (χ0v) is 13.2. The molecule has 0 aromatic rings. The Bertz CT molecular complexity index is 274. The number of rotatable bonds is 4. The first kappa shape index (κ1) is 11.8. The molecule has 1 heterocycles. The van der Waals surface area contributed by atoms with E-state index in [2.05, 4.69) is 54.6 Å². The van der Waals surface area contributed by atoms with Crippen molar-refractivity contribution in [3.8, 4) is 0 Å². The summed E-state index contributed by atoms with van der Waals surface area (Å²) in [5.41, 5.74) is 1.42. The van der Waals surface area contributed by atoms with Gasteiger partial charge in [-0.05, 0) is 0 Å². The normalized spacial score (nSPS) is 16.9. The van der Waals surface area contributed by atoms with Gasteiger partial charge >= 0.3 is 103 Å². The first-order valence-electron chi connectivity index (χ1n) is 4.92. The zero-order valence-electron chi connectivity index (χ0n) is 8.69. The molecule has 0 bridgehead atoms. The fraction of sp³-hybridized carbons (Fsp3) is 0.333. The third-order valence-corrected chi connectivity index (χ3v) is 3.12. The number of likely N-dealkylation sites (N-methyl/N-ethyl adjacent to an activating group) is 1. The summed E-state index contributed by atoms with van der Waals surface area (Å²) >= 11 is 1.09. The first-order chi connectivity index (χ1) is 6.83. The van der Waals surface area contributed by atoms with Gasteiger partial charge in [-0.1, -0.05) is 0 Å². The first-order valence-corrected chi connectivity index (χ1v) is 8.09. The molecule has 0 aromatic heterocycles. The monoisotopic (exact) mass is 379 g/mol. The van der Waals surface area contributed by atoms with Gasteiger partial charge in [-0.2, -0.15) is 0 Å². The van der Waals surface area contributed by atoms with Gasteiger partial charge in [0.05, 0.1) is 0 Å². The number of hydrogen-bond acceptors (Lipinski definition) is 1. The summed E-state index contributed by atoms with van der Waals surface area (Å²) in [7, 11) is 2.09. The van der Waals surface area contributed by atoms with E-state index in [9.17, 15) is 0 Å². The predicted molar refractivity (Wildman–Crippen MR) is 63.3 cm³/mol. The zero-order chi connectivity index (χ0) is 10.2. The molecule has 0 atom stereocenters. The minimum atomic E-state index is 1.04.